The van der Waals surface area contributed by atoms with Gasteiger partial charge in [0.2, 0.25) is 5.13 Å². The van der Waals surface area contributed by atoms with Crippen molar-refractivity contribution >= 4 is 51.1 Å². The van der Waals surface area contributed by atoms with Gasteiger partial charge < -0.3 is 4.74 Å². The number of ether oxygens (including phenoxy) is 1. The molecule has 3 rings (SSSR count). The van der Waals surface area contributed by atoms with Crippen LogP contribution in [0.25, 0.3) is 11.3 Å². The quantitative estimate of drug-likeness (QED) is 0.296. The zero-order chi connectivity index (χ0) is 20.3. The minimum absolute atomic E-state index is 0.120. The number of thiazole rings is 1. The highest BCUT2D eigenvalue weighted by molar-refractivity contribution is 7.14. The highest BCUT2D eigenvalue weighted by atomic mass is 35.5. The Kier molecular flexibility index (Phi) is 6.13. The molecular formula is C18H14Cl2N4O3S. The van der Waals surface area contributed by atoms with Crippen LogP contribution in [0.5, 0.6) is 5.75 Å². The smallest absolute Gasteiger partial charge is 0.311 e. The van der Waals surface area contributed by atoms with Gasteiger partial charge in [0.15, 0.2) is 5.75 Å². The van der Waals surface area contributed by atoms with Crippen LogP contribution in [-0.2, 0) is 0 Å². The number of nitro benzene ring substituents is 1. The molecule has 0 atom stereocenters. The molecule has 0 aliphatic rings. The number of hydrogen-bond acceptors (Lipinski definition) is 7. The second-order valence-electron chi connectivity index (χ2n) is 5.62. The molecule has 0 fully saturated rings. The van der Waals surface area contributed by atoms with Crippen molar-refractivity contribution < 1.29 is 9.66 Å². The van der Waals surface area contributed by atoms with E-state index in [1.807, 2.05) is 11.4 Å². The Morgan fingerprint density at radius 1 is 1.25 bits per heavy atom. The van der Waals surface area contributed by atoms with Crippen molar-refractivity contribution in [1.29, 1.82) is 0 Å². The van der Waals surface area contributed by atoms with Gasteiger partial charge in [0.25, 0.3) is 0 Å². The topological polar surface area (TPSA) is 89.7 Å². The lowest BCUT2D eigenvalue weighted by Gasteiger charge is -2.05. The zero-order valence-corrected chi connectivity index (χ0v) is 17.1. The molecule has 0 spiro atoms. The molecule has 0 radical (unpaired) electrons. The Morgan fingerprint density at radius 2 is 2.04 bits per heavy atom. The third-order valence-electron chi connectivity index (χ3n) is 3.83. The number of rotatable bonds is 6. The number of aromatic nitrogens is 1. The van der Waals surface area contributed by atoms with Gasteiger partial charge in [0.1, 0.15) is 0 Å². The van der Waals surface area contributed by atoms with Gasteiger partial charge in [-0.1, -0.05) is 29.3 Å². The van der Waals surface area contributed by atoms with Crippen molar-refractivity contribution in [3.8, 4) is 17.0 Å². The molecule has 0 saturated heterocycles. The maximum atomic E-state index is 11.2. The van der Waals surface area contributed by atoms with E-state index in [1.165, 1.54) is 30.6 Å². The summed E-state index contributed by atoms with van der Waals surface area (Å²) in [5.41, 5.74) is 5.49. The molecule has 1 N–H and O–H groups in total. The van der Waals surface area contributed by atoms with Crippen molar-refractivity contribution in [2.45, 2.75) is 6.92 Å². The molecule has 0 amide bonds. The summed E-state index contributed by atoms with van der Waals surface area (Å²) in [6.45, 7) is 1.74. The Labute approximate surface area is 174 Å². The van der Waals surface area contributed by atoms with Gasteiger partial charge >= 0.3 is 5.69 Å². The number of nitro groups is 1. The van der Waals surface area contributed by atoms with E-state index >= 15 is 0 Å². The summed E-state index contributed by atoms with van der Waals surface area (Å²) in [6.07, 6.45) is 0. The molecule has 0 saturated carbocycles. The fourth-order valence-electron chi connectivity index (χ4n) is 2.37. The maximum absolute atomic E-state index is 11.2. The van der Waals surface area contributed by atoms with Crippen LogP contribution in [0.15, 0.2) is 46.9 Å². The van der Waals surface area contributed by atoms with Crippen molar-refractivity contribution in [3.05, 3.63) is 67.5 Å². The number of nitrogens with one attached hydrogen (secondary N) is 1. The summed E-state index contributed by atoms with van der Waals surface area (Å²) in [5, 5.41) is 18.8. The minimum Gasteiger partial charge on any atom is -0.490 e. The summed E-state index contributed by atoms with van der Waals surface area (Å²) < 4.78 is 5.01. The lowest BCUT2D eigenvalue weighted by atomic mass is 10.1. The third-order valence-corrected chi connectivity index (χ3v) is 5.32. The highest BCUT2D eigenvalue weighted by Crippen LogP contribution is 2.31. The molecule has 1 heterocycles. The summed E-state index contributed by atoms with van der Waals surface area (Å²) in [7, 11) is 1.39. The van der Waals surface area contributed by atoms with Gasteiger partial charge in [-0.05, 0) is 31.2 Å². The lowest BCUT2D eigenvalue weighted by Crippen LogP contribution is -2.02. The van der Waals surface area contributed by atoms with Gasteiger partial charge in [-0.25, -0.2) is 4.98 Å². The van der Waals surface area contributed by atoms with E-state index in [2.05, 4.69) is 15.5 Å². The number of methoxy groups -OCH3 is 1. The van der Waals surface area contributed by atoms with Gasteiger partial charge in [-0.2, -0.15) is 5.10 Å². The maximum Gasteiger partial charge on any atom is 0.311 e. The second kappa shape index (κ2) is 8.55. The first kappa shape index (κ1) is 20.1. The van der Waals surface area contributed by atoms with E-state index < -0.39 is 4.92 Å². The van der Waals surface area contributed by atoms with E-state index in [0.717, 1.165) is 11.3 Å². The third kappa shape index (κ3) is 4.41. The molecule has 10 heteroatoms. The highest BCUT2D eigenvalue weighted by Gasteiger charge is 2.16. The molecule has 3 aromatic rings. The van der Waals surface area contributed by atoms with Crippen molar-refractivity contribution in [2.75, 3.05) is 12.5 Å². The van der Waals surface area contributed by atoms with Crippen LogP contribution in [0.2, 0.25) is 10.0 Å². The molecule has 28 heavy (non-hydrogen) atoms. The predicted molar refractivity (Wildman–Crippen MR) is 113 cm³/mol. The summed E-state index contributed by atoms with van der Waals surface area (Å²) in [6, 6.07) is 9.95. The molecular weight excluding hydrogens is 423 g/mol. The lowest BCUT2D eigenvalue weighted by molar-refractivity contribution is -0.385. The molecule has 2 aromatic carbocycles. The fourth-order valence-corrected chi connectivity index (χ4v) is 3.33. The Balaban J connectivity index is 1.78. The van der Waals surface area contributed by atoms with Crippen LogP contribution in [0.4, 0.5) is 10.8 Å². The van der Waals surface area contributed by atoms with E-state index in [1.54, 1.807) is 25.1 Å². The predicted octanol–water partition coefficient (Wildman–Crippen LogP) is 5.87. The first-order valence-corrected chi connectivity index (χ1v) is 9.56. The van der Waals surface area contributed by atoms with E-state index in [-0.39, 0.29) is 11.4 Å². The molecule has 1 aromatic heterocycles. The number of anilines is 1. The largest absolute Gasteiger partial charge is 0.490 e. The number of halogens is 2. The van der Waals surface area contributed by atoms with Crippen LogP contribution >= 0.6 is 34.5 Å². The average molecular weight is 437 g/mol. The zero-order valence-electron chi connectivity index (χ0n) is 14.8. The molecule has 0 bridgehead atoms. The fraction of sp³-hybridized carbons (Fsp3) is 0.111. The monoisotopic (exact) mass is 436 g/mol. The Hall–Kier alpha value is -2.68. The van der Waals surface area contributed by atoms with Gasteiger partial charge in [-0.3, -0.25) is 15.5 Å². The molecule has 7 nitrogen and oxygen atoms in total. The normalized spacial score (nSPS) is 11.4. The number of nitrogens with zero attached hydrogens (tertiary/aromatic N) is 3. The van der Waals surface area contributed by atoms with Crippen molar-refractivity contribution in [1.82, 2.24) is 4.98 Å². The van der Waals surface area contributed by atoms with Gasteiger partial charge in [0.05, 0.1) is 33.5 Å². The molecule has 0 aliphatic carbocycles. The molecule has 0 aliphatic heterocycles. The standard InChI is InChI=1S/C18H14Cl2N4O3S/c1-10(11-4-6-17(27-2)16(8-11)24(25)26)22-23-18-21-15(9-28-18)12-3-5-13(19)14(20)7-12/h3-9H,1-2H3,(H,21,23)/b22-10+. The summed E-state index contributed by atoms with van der Waals surface area (Å²) in [4.78, 5) is 15.1. The van der Waals surface area contributed by atoms with Crippen LogP contribution in [-0.4, -0.2) is 22.7 Å². The van der Waals surface area contributed by atoms with Crippen LogP contribution in [0.1, 0.15) is 12.5 Å². The van der Waals surface area contributed by atoms with Gasteiger partial charge in [0, 0.05) is 22.6 Å². The van der Waals surface area contributed by atoms with E-state index in [0.29, 0.717) is 26.5 Å². The first-order valence-electron chi connectivity index (χ1n) is 7.93. The summed E-state index contributed by atoms with van der Waals surface area (Å²) in [5.74, 6) is 0.195. The average Bonchev–Trinajstić information content (AvgIpc) is 3.16. The first-order chi connectivity index (χ1) is 13.4. The van der Waals surface area contributed by atoms with E-state index in [4.69, 9.17) is 27.9 Å². The van der Waals surface area contributed by atoms with Crippen molar-refractivity contribution in [3.63, 3.8) is 0 Å². The van der Waals surface area contributed by atoms with Crippen LogP contribution in [0.3, 0.4) is 0 Å². The number of hydrogen-bond donors (Lipinski definition) is 1. The second-order valence-corrected chi connectivity index (χ2v) is 7.29. The Morgan fingerprint density at radius 3 is 2.71 bits per heavy atom. The van der Waals surface area contributed by atoms with Crippen LogP contribution < -0.4 is 10.2 Å². The van der Waals surface area contributed by atoms with Crippen molar-refractivity contribution in [2.24, 2.45) is 5.10 Å². The molecule has 144 valence electrons. The number of benzene rings is 2. The van der Waals surface area contributed by atoms with Gasteiger partial charge in [-0.15, -0.1) is 11.3 Å². The minimum atomic E-state index is -0.493. The summed E-state index contributed by atoms with van der Waals surface area (Å²) >= 11 is 13.4. The Bertz CT molecular complexity index is 1070. The number of hydrazone groups is 1. The van der Waals surface area contributed by atoms with Crippen LogP contribution in [0, 0.1) is 10.1 Å². The van der Waals surface area contributed by atoms with E-state index in [9.17, 15) is 10.1 Å². The SMILES string of the molecule is COc1ccc(/C(C)=N/Nc2nc(-c3ccc(Cl)c(Cl)c3)cs2)cc1[N+](=O)[O-]. The molecule has 0 unspecified atom stereocenters.